The Labute approximate surface area is 155 Å². The van der Waals surface area contributed by atoms with Gasteiger partial charge in [-0.25, -0.2) is 0 Å². The zero-order valence-corrected chi connectivity index (χ0v) is 16.2. The summed E-state index contributed by atoms with van der Waals surface area (Å²) in [5.74, 6) is -1.31. The molecule has 0 unspecified atom stereocenters. The third kappa shape index (κ3) is 4.51. The minimum atomic E-state index is -0.838. The van der Waals surface area contributed by atoms with Gasteiger partial charge in [0.1, 0.15) is 0 Å². The van der Waals surface area contributed by atoms with Crippen LogP contribution in [0.15, 0.2) is 12.1 Å². The number of Topliss-reactive ketones (excluding diaryl/α,β-unsaturated/α-hetero) is 1. The molecular formula is C21H29NO4. The van der Waals surface area contributed by atoms with Gasteiger partial charge in [-0.15, -0.1) is 0 Å². The molecule has 0 aliphatic carbocycles. The van der Waals surface area contributed by atoms with Crippen molar-refractivity contribution in [3.8, 4) is 0 Å². The summed E-state index contributed by atoms with van der Waals surface area (Å²) in [6.45, 7) is 8.31. The van der Waals surface area contributed by atoms with Crippen LogP contribution in [0.25, 0.3) is 0 Å². The second kappa shape index (κ2) is 8.47. The lowest BCUT2D eigenvalue weighted by atomic mass is 9.90. The predicted molar refractivity (Wildman–Crippen MR) is 100 cm³/mol. The molecule has 26 heavy (non-hydrogen) atoms. The van der Waals surface area contributed by atoms with Gasteiger partial charge in [-0.05, 0) is 58.1 Å². The predicted octanol–water partition coefficient (Wildman–Crippen LogP) is 3.68. The number of nitrogens with zero attached hydrogens (tertiary/aromatic N) is 1. The monoisotopic (exact) mass is 359 g/mol. The van der Waals surface area contributed by atoms with Gasteiger partial charge < -0.3 is 10.0 Å². The summed E-state index contributed by atoms with van der Waals surface area (Å²) in [6.07, 6.45) is 2.44. The van der Waals surface area contributed by atoms with Crippen LogP contribution in [-0.2, 0) is 9.59 Å². The number of carboxylic acids is 1. The van der Waals surface area contributed by atoms with Crippen molar-refractivity contribution in [2.45, 2.75) is 65.8 Å². The van der Waals surface area contributed by atoms with E-state index >= 15 is 0 Å². The van der Waals surface area contributed by atoms with E-state index in [-0.39, 0.29) is 24.2 Å². The molecular weight excluding hydrogens is 330 g/mol. The molecule has 0 aromatic heterocycles. The summed E-state index contributed by atoms with van der Waals surface area (Å²) in [4.78, 5) is 38.0. The molecule has 2 rings (SSSR count). The number of carboxylic acid groups (broad SMARTS) is 1. The molecule has 1 aromatic rings. The Morgan fingerprint density at radius 3 is 2.31 bits per heavy atom. The highest BCUT2D eigenvalue weighted by Crippen LogP contribution is 2.25. The van der Waals surface area contributed by atoms with E-state index in [2.05, 4.69) is 0 Å². The molecule has 1 N–H and O–H groups in total. The number of carbonyl (C=O) groups is 3. The van der Waals surface area contributed by atoms with Gasteiger partial charge in [0, 0.05) is 31.0 Å². The van der Waals surface area contributed by atoms with Crippen molar-refractivity contribution in [2.75, 3.05) is 6.54 Å². The second-order valence-corrected chi connectivity index (χ2v) is 7.47. The standard InChI is InChI=1S/C21H29NO4/c1-13-11-14(2)20(15(3)12-13)18(23)8-5-9-19(24)22-10-6-7-17(16(22)4)21(25)26/h11-12,16-17H,5-10H2,1-4H3,(H,25,26)/t16-,17-/m1/s1. The van der Waals surface area contributed by atoms with Crippen LogP contribution in [0.2, 0.25) is 0 Å². The van der Waals surface area contributed by atoms with E-state index in [0.717, 1.165) is 22.3 Å². The Bertz CT molecular complexity index is 687. The quantitative estimate of drug-likeness (QED) is 0.786. The lowest BCUT2D eigenvalue weighted by Crippen LogP contribution is -2.49. The number of piperidine rings is 1. The van der Waals surface area contributed by atoms with Crippen molar-refractivity contribution in [2.24, 2.45) is 5.92 Å². The van der Waals surface area contributed by atoms with Crippen LogP contribution in [0.3, 0.4) is 0 Å². The molecule has 1 heterocycles. The Kier molecular flexibility index (Phi) is 6.57. The maximum atomic E-state index is 12.6. The molecule has 0 spiro atoms. The van der Waals surface area contributed by atoms with E-state index in [1.807, 2.05) is 32.9 Å². The van der Waals surface area contributed by atoms with Gasteiger partial charge >= 0.3 is 5.97 Å². The SMILES string of the molecule is Cc1cc(C)c(C(=O)CCCC(=O)N2CCC[C@@H](C(=O)O)[C@H]2C)c(C)c1. The molecule has 1 aliphatic heterocycles. The number of aryl methyl sites for hydroxylation is 3. The fourth-order valence-corrected chi connectivity index (χ4v) is 4.11. The van der Waals surface area contributed by atoms with Crippen LogP contribution in [0, 0.1) is 26.7 Å². The zero-order valence-electron chi connectivity index (χ0n) is 16.2. The highest BCUT2D eigenvalue weighted by molar-refractivity contribution is 5.99. The van der Waals surface area contributed by atoms with Gasteiger partial charge in [-0.2, -0.15) is 0 Å². The first-order valence-corrected chi connectivity index (χ1v) is 9.35. The molecule has 5 heteroatoms. The summed E-state index contributed by atoms with van der Waals surface area (Å²) in [7, 11) is 0. The van der Waals surface area contributed by atoms with Gasteiger partial charge in [0.2, 0.25) is 5.91 Å². The fraction of sp³-hybridized carbons (Fsp3) is 0.571. The van der Waals surface area contributed by atoms with Gasteiger partial charge in [0.15, 0.2) is 5.78 Å². The topological polar surface area (TPSA) is 74.7 Å². The Morgan fingerprint density at radius 1 is 1.12 bits per heavy atom. The molecule has 1 amide bonds. The van der Waals surface area contributed by atoms with Crippen LogP contribution in [0.4, 0.5) is 0 Å². The number of hydrogen-bond donors (Lipinski definition) is 1. The summed E-state index contributed by atoms with van der Waals surface area (Å²) in [6, 6.07) is 3.73. The Hall–Kier alpha value is -2.17. The molecule has 1 aromatic carbocycles. The van der Waals surface area contributed by atoms with Crippen molar-refractivity contribution in [3.05, 3.63) is 34.4 Å². The van der Waals surface area contributed by atoms with Crippen LogP contribution < -0.4 is 0 Å². The lowest BCUT2D eigenvalue weighted by molar-refractivity contribution is -0.149. The van der Waals surface area contributed by atoms with E-state index < -0.39 is 11.9 Å². The number of hydrogen-bond acceptors (Lipinski definition) is 3. The van der Waals surface area contributed by atoms with E-state index in [4.69, 9.17) is 0 Å². The van der Waals surface area contributed by atoms with Crippen molar-refractivity contribution < 1.29 is 19.5 Å². The first kappa shape index (κ1) is 20.1. The molecule has 1 aliphatic rings. The van der Waals surface area contributed by atoms with Crippen molar-refractivity contribution >= 4 is 17.7 Å². The molecule has 0 bridgehead atoms. The first-order chi connectivity index (χ1) is 12.2. The average molecular weight is 359 g/mol. The van der Waals surface area contributed by atoms with E-state index in [1.54, 1.807) is 11.8 Å². The fourth-order valence-electron chi connectivity index (χ4n) is 4.11. The molecule has 2 atom stereocenters. The van der Waals surface area contributed by atoms with Crippen LogP contribution in [0.5, 0.6) is 0 Å². The molecule has 5 nitrogen and oxygen atoms in total. The third-order valence-electron chi connectivity index (χ3n) is 5.38. The maximum absolute atomic E-state index is 12.6. The summed E-state index contributed by atoms with van der Waals surface area (Å²) in [5, 5.41) is 9.27. The van der Waals surface area contributed by atoms with Crippen LogP contribution >= 0.6 is 0 Å². The molecule has 0 saturated carbocycles. The number of aliphatic carboxylic acids is 1. The van der Waals surface area contributed by atoms with E-state index in [0.29, 0.717) is 32.2 Å². The molecule has 142 valence electrons. The lowest BCUT2D eigenvalue weighted by Gasteiger charge is -2.37. The molecule has 0 radical (unpaired) electrons. The smallest absolute Gasteiger partial charge is 0.308 e. The van der Waals surface area contributed by atoms with Crippen molar-refractivity contribution in [1.82, 2.24) is 4.90 Å². The highest BCUT2D eigenvalue weighted by atomic mass is 16.4. The van der Waals surface area contributed by atoms with Gasteiger partial charge in [0.25, 0.3) is 0 Å². The zero-order chi connectivity index (χ0) is 19.4. The van der Waals surface area contributed by atoms with Gasteiger partial charge in [-0.1, -0.05) is 17.7 Å². The Morgan fingerprint density at radius 2 is 1.73 bits per heavy atom. The molecule has 1 saturated heterocycles. The minimum absolute atomic E-state index is 0.0476. The number of rotatable bonds is 6. The van der Waals surface area contributed by atoms with Crippen molar-refractivity contribution in [1.29, 1.82) is 0 Å². The van der Waals surface area contributed by atoms with Gasteiger partial charge in [0.05, 0.1) is 5.92 Å². The normalized spacial score (nSPS) is 20.1. The van der Waals surface area contributed by atoms with Gasteiger partial charge in [-0.3, -0.25) is 14.4 Å². The van der Waals surface area contributed by atoms with Crippen molar-refractivity contribution in [3.63, 3.8) is 0 Å². The average Bonchev–Trinajstić information content (AvgIpc) is 2.53. The number of benzene rings is 1. The highest BCUT2D eigenvalue weighted by Gasteiger charge is 2.34. The van der Waals surface area contributed by atoms with E-state index in [1.165, 1.54) is 0 Å². The molecule has 1 fully saturated rings. The largest absolute Gasteiger partial charge is 0.481 e. The number of ketones is 1. The first-order valence-electron chi connectivity index (χ1n) is 9.35. The number of amides is 1. The van der Waals surface area contributed by atoms with E-state index in [9.17, 15) is 19.5 Å². The Balaban J connectivity index is 1.92. The summed E-state index contributed by atoms with van der Waals surface area (Å²) < 4.78 is 0. The summed E-state index contributed by atoms with van der Waals surface area (Å²) in [5.41, 5.74) is 3.86. The summed E-state index contributed by atoms with van der Waals surface area (Å²) >= 11 is 0. The maximum Gasteiger partial charge on any atom is 0.308 e. The third-order valence-corrected chi connectivity index (χ3v) is 5.38. The number of carbonyl (C=O) groups excluding carboxylic acids is 2. The van der Waals surface area contributed by atoms with Crippen LogP contribution in [-0.4, -0.2) is 40.3 Å². The minimum Gasteiger partial charge on any atom is -0.481 e. The van der Waals surface area contributed by atoms with Crippen LogP contribution in [0.1, 0.15) is 66.1 Å². The second-order valence-electron chi connectivity index (χ2n) is 7.47. The number of likely N-dealkylation sites (tertiary alicyclic amines) is 1.